The van der Waals surface area contributed by atoms with Crippen molar-refractivity contribution in [1.29, 1.82) is 0 Å². The van der Waals surface area contributed by atoms with Crippen molar-refractivity contribution in [1.82, 2.24) is 25.2 Å². The molecule has 0 atom stereocenters. The van der Waals surface area contributed by atoms with Crippen molar-refractivity contribution in [2.45, 2.75) is 25.8 Å². The van der Waals surface area contributed by atoms with E-state index in [-0.39, 0.29) is 0 Å². The van der Waals surface area contributed by atoms with E-state index in [0.29, 0.717) is 6.54 Å². The minimum Gasteiger partial charge on any atom is -0.385 e. The third kappa shape index (κ3) is 4.70. The van der Waals surface area contributed by atoms with E-state index in [2.05, 4.69) is 25.8 Å². The van der Waals surface area contributed by atoms with Crippen molar-refractivity contribution in [2.24, 2.45) is 4.99 Å². The first-order valence-corrected chi connectivity index (χ1v) is 7.57. The first-order chi connectivity index (χ1) is 10.8. The molecule has 0 saturated heterocycles. The number of nitrogens with zero attached hydrogens (tertiary/aromatic N) is 4. The topological polar surface area (TPSA) is 75.8 Å². The number of rotatable bonds is 8. The van der Waals surface area contributed by atoms with Gasteiger partial charge in [-0.25, -0.2) is 0 Å². The Morgan fingerprint density at radius 3 is 2.95 bits per heavy atom. The number of methoxy groups -OCH3 is 1. The number of aliphatic imine (C=N–C) groups is 1. The molecule has 0 amide bonds. The molecular weight excluding hydrogens is 280 g/mol. The van der Waals surface area contributed by atoms with Crippen LogP contribution in [-0.2, 0) is 11.3 Å². The highest BCUT2D eigenvalue weighted by atomic mass is 16.5. The van der Waals surface area contributed by atoms with Crippen LogP contribution in [0.3, 0.4) is 0 Å². The monoisotopic (exact) mass is 304 g/mol. The van der Waals surface area contributed by atoms with E-state index >= 15 is 0 Å². The van der Waals surface area contributed by atoms with Crippen molar-refractivity contribution in [3.05, 3.63) is 30.2 Å². The number of unbranched alkanes of at least 4 members (excludes halogenated alkanes) is 2. The van der Waals surface area contributed by atoms with Gasteiger partial charge in [0.05, 0.1) is 6.54 Å². The zero-order valence-corrected chi connectivity index (χ0v) is 13.2. The summed E-state index contributed by atoms with van der Waals surface area (Å²) in [7, 11) is 3.50. The summed E-state index contributed by atoms with van der Waals surface area (Å²) < 4.78 is 7.00. The molecule has 0 unspecified atom stereocenters. The molecule has 0 aliphatic carbocycles. The molecule has 120 valence electrons. The van der Waals surface area contributed by atoms with Crippen LogP contribution in [0.15, 0.2) is 29.4 Å². The van der Waals surface area contributed by atoms with E-state index in [1.165, 1.54) is 0 Å². The predicted molar refractivity (Wildman–Crippen MR) is 86.9 cm³/mol. The summed E-state index contributed by atoms with van der Waals surface area (Å²) in [5.74, 6) is 1.64. The molecule has 0 aliphatic heterocycles. The van der Waals surface area contributed by atoms with Gasteiger partial charge in [-0.05, 0) is 31.4 Å². The van der Waals surface area contributed by atoms with E-state index in [9.17, 15) is 0 Å². The zero-order valence-electron chi connectivity index (χ0n) is 13.2. The normalized spacial score (nSPS) is 11.8. The average molecular weight is 304 g/mol. The number of pyridine rings is 1. The molecular formula is C15H24N6O. The molecule has 0 radical (unpaired) electrons. The summed E-state index contributed by atoms with van der Waals surface area (Å²) in [4.78, 5) is 4.21. The first kappa shape index (κ1) is 16.2. The van der Waals surface area contributed by atoms with Crippen LogP contribution in [0.1, 0.15) is 25.1 Å². The fourth-order valence-electron chi connectivity index (χ4n) is 2.15. The molecule has 7 heteroatoms. The third-order valence-corrected chi connectivity index (χ3v) is 3.34. The standard InChI is InChI=1S/C15H24N6O/c1-16-15(17-9-5-3-7-11-22-2)18-12-14-20-19-13-8-4-6-10-21(13)14/h4,6,8,10H,3,5,7,9,11-12H2,1-2H3,(H2,16,17,18). The van der Waals surface area contributed by atoms with Gasteiger partial charge in [0.25, 0.3) is 0 Å². The van der Waals surface area contributed by atoms with Gasteiger partial charge in [0.15, 0.2) is 17.4 Å². The number of nitrogens with one attached hydrogen (secondary N) is 2. The van der Waals surface area contributed by atoms with Gasteiger partial charge in [-0.1, -0.05) is 6.07 Å². The molecule has 2 N–H and O–H groups in total. The van der Waals surface area contributed by atoms with Gasteiger partial charge in [-0.3, -0.25) is 9.39 Å². The Balaban J connectivity index is 1.74. The highest BCUT2D eigenvalue weighted by Gasteiger charge is 2.05. The van der Waals surface area contributed by atoms with Gasteiger partial charge in [-0.2, -0.15) is 0 Å². The molecule has 0 aromatic carbocycles. The van der Waals surface area contributed by atoms with Crippen LogP contribution in [0, 0.1) is 0 Å². The number of aromatic nitrogens is 3. The van der Waals surface area contributed by atoms with Crippen molar-refractivity contribution >= 4 is 11.6 Å². The van der Waals surface area contributed by atoms with Crippen LogP contribution in [0.25, 0.3) is 5.65 Å². The van der Waals surface area contributed by atoms with E-state index in [1.54, 1.807) is 14.2 Å². The number of hydrogen-bond acceptors (Lipinski definition) is 4. The SMILES string of the molecule is CN=C(NCCCCCOC)NCc1nnc2ccccn12. The van der Waals surface area contributed by atoms with Crippen LogP contribution < -0.4 is 10.6 Å². The lowest BCUT2D eigenvalue weighted by molar-refractivity contribution is 0.192. The minimum atomic E-state index is 0.578. The Bertz CT molecular complexity index is 594. The fourth-order valence-corrected chi connectivity index (χ4v) is 2.15. The van der Waals surface area contributed by atoms with Gasteiger partial charge in [-0.15, -0.1) is 10.2 Å². The van der Waals surface area contributed by atoms with Crippen LogP contribution in [0.5, 0.6) is 0 Å². The van der Waals surface area contributed by atoms with E-state index in [4.69, 9.17) is 4.74 Å². The maximum Gasteiger partial charge on any atom is 0.191 e. The second kappa shape index (κ2) is 8.99. The van der Waals surface area contributed by atoms with E-state index < -0.39 is 0 Å². The molecule has 2 rings (SSSR count). The Morgan fingerprint density at radius 1 is 1.23 bits per heavy atom. The summed E-state index contributed by atoms with van der Waals surface area (Å²) in [6.45, 7) is 2.30. The fraction of sp³-hybridized carbons (Fsp3) is 0.533. The molecule has 7 nitrogen and oxygen atoms in total. The zero-order chi connectivity index (χ0) is 15.6. The molecule has 2 aromatic rings. The van der Waals surface area contributed by atoms with E-state index in [0.717, 1.165) is 49.8 Å². The van der Waals surface area contributed by atoms with Gasteiger partial charge in [0.2, 0.25) is 0 Å². The largest absolute Gasteiger partial charge is 0.385 e. The number of fused-ring (bicyclic) bond motifs is 1. The van der Waals surface area contributed by atoms with Gasteiger partial charge >= 0.3 is 0 Å². The second-order valence-corrected chi connectivity index (χ2v) is 4.95. The molecule has 0 fully saturated rings. The maximum absolute atomic E-state index is 5.03. The second-order valence-electron chi connectivity index (χ2n) is 4.95. The Labute approximate surface area is 130 Å². The van der Waals surface area contributed by atoms with E-state index in [1.807, 2.05) is 28.8 Å². The van der Waals surface area contributed by atoms with Crippen LogP contribution in [0.4, 0.5) is 0 Å². The van der Waals surface area contributed by atoms with Crippen molar-refractivity contribution in [3.63, 3.8) is 0 Å². The molecule has 2 heterocycles. The van der Waals surface area contributed by atoms with Gasteiger partial charge < -0.3 is 15.4 Å². The quantitative estimate of drug-likeness (QED) is 0.435. The van der Waals surface area contributed by atoms with Crippen LogP contribution in [-0.4, -0.2) is 47.9 Å². The smallest absolute Gasteiger partial charge is 0.191 e. The molecule has 0 aliphatic rings. The summed E-state index contributed by atoms with van der Waals surface area (Å²) in [6, 6.07) is 5.85. The molecule has 0 spiro atoms. The van der Waals surface area contributed by atoms with Crippen LogP contribution in [0.2, 0.25) is 0 Å². The Hall–Kier alpha value is -2.15. The summed E-state index contributed by atoms with van der Waals surface area (Å²) in [6.07, 6.45) is 5.29. The van der Waals surface area contributed by atoms with Crippen molar-refractivity contribution < 1.29 is 4.74 Å². The molecule has 0 saturated carbocycles. The maximum atomic E-state index is 5.03. The predicted octanol–water partition coefficient (Wildman–Crippen LogP) is 1.21. The van der Waals surface area contributed by atoms with Crippen molar-refractivity contribution in [3.8, 4) is 0 Å². The minimum absolute atomic E-state index is 0.578. The van der Waals surface area contributed by atoms with Gasteiger partial charge in [0, 0.05) is 33.5 Å². The van der Waals surface area contributed by atoms with Crippen LogP contribution >= 0.6 is 0 Å². The number of ether oxygens (including phenoxy) is 1. The molecule has 22 heavy (non-hydrogen) atoms. The Morgan fingerprint density at radius 2 is 2.14 bits per heavy atom. The first-order valence-electron chi connectivity index (χ1n) is 7.57. The Kier molecular flexibility index (Phi) is 6.63. The number of hydrogen-bond donors (Lipinski definition) is 2. The lowest BCUT2D eigenvalue weighted by atomic mass is 10.2. The molecule has 0 bridgehead atoms. The van der Waals surface area contributed by atoms with Crippen molar-refractivity contribution in [2.75, 3.05) is 27.3 Å². The third-order valence-electron chi connectivity index (χ3n) is 3.34. The van der Waals surface area contributed by atoms with Gasteiger partial charge in [0.1, 0.15) is 0 Å². The average Bonchev–Trinajstić information content (AvgIpc) is 2.97. The summed E-state index contributed by atoms with van der Waals surface area (Å²) >= 11 is 0. The lowest BCUT2D eigenvalue weighted by Crippen LogP contribution is -2.37. The number of guanidine groups is 1. The highest BCUT2D eigenvalue weighted by molar-refractivity contribution is 5.79. The highest BCUT2D eigenvalue weighted by Crippen LogP contribution is 2.02. The molecule has 2 aromatic heterocycles. The summed E-state index contributed by atoms with van der Waals surface area (Å²) in [5, 5.41) is 14.9. The summed E-state index contributed by atoms with van der Waals surface area (Å²) in [5.41, 5.74) is 0.848. The lowest BCUT2D eigenvalue weighted by Gasteiger charge is -2.11.